The first-order chi connectivity index (χ1) is 14.4. The summed E-state index contributed by atoms with van der Waals surface area (Å²) in [6.07, 6.45) is 1.69. The molecule has 6 nitrogen and oxygen atoms in total. The van der Waals surface area contributed by atoms with Crippen LogP contribution < -0.4 is 10.2 Å². The first-order valence-electron chi connectivity index (χ1n) is 10.7. The number of rotatable bonds is 10. The Morgan fingerprint density at radius 3 is 2.47 bits per heavy atom. The predicted molar refractivity (Wildman–Crippen MR) is 117 cm³/mol. The smallest absolute Gasteiger partial charge is 0.236 e. The normalized spacial score (nSPS) is 15.5. The molecule has 3 rings (SSSR count). The van der Waals surface area contributed by atoms with Gasteiger partial charge in [-0.3, -0.25) is 10.1 Å². The fourth-order valence-corrected chi connectivity index (χ4v) is 3.94. The largest absolute Gasteiger partial charge is 0.351 e. The van der Waals surface area contributed by atoms with Gasteiger partial charge in [0.1, 0.15) is 5.82 Å². The van der Waals surface area contributed by atoms with Gasteiger partial charge in [0.15, 0.2) is 5.82 Å². The van der Waals surface area contributed by atoms with Crippen molar-refractivity contribution in [1.29, 1.82) is 0 Å². The molecule has 0 bridgehead atoms. The molecule has 1 N–H and O–H groups in total. The molecule has 1 saturated carbocycles. The molecule has 1 unspecified atom stereocenters. The summed E-state index contributed by atoms with van der Waals surface area (Å²) in [7, 11) is 0. The van der Waals surface area contributed by atoms with Gasteiger partial charge >= 0.3 is 0 Å². The van der Waals surface area contributed by atoms with Crippen molar-refractivity contribution in [2.75, 3.05) is 31.1 Å². The first-order valence-corrected chi connectivity index (χ1v) is 10.7. The Labute approximate surface area is 178 Å². The van der Waals surface area contributed by atoms with Gasteiger partial charge in [-0.1, -0.05) is 18.2 Å². The molecule has 1 aromatic heterocycles. The van der Waals surface area contributed by atoms with Crippen LogP contribution in [-0.2, 0) is 10.3 Å². The molecule has 0 spiro atoms. The van der Waals surface area contributed by atoms with Gasteiger partial charge in [-0.05, 0) is 58.7 Å². The minimum absolute atomic E-state index is 0.0259. The van der Waals surface area contributed by atoms with Gasteiger partial charge in [0.05, 0.1) is 12.2 Å². The molecule has 30 heavy (non-hydrogen) atoms. The molecule has 0 radical (unpaired) electrons. The highest BCUT2D eigenvalue weighted by molar-refractivity contribution is 5.78. The molecule has 7 heteroatoms. The van der Waals surface area contributed by atoms with Crippen LogP contribution in [0.15, 0.2) is 36.4 Å². The Bertz CT molecular complexity index is 853. The van der Waals surface area contributed by atoms with Crippen LogP contribution in [0, 0.1) is 12.7 Å². The molecule has 2 aromatic rings. The third-order valence-electron chi connectivity index (χ3n) is 5.89. The van der Waals surface area contributed by atoms with E-state index in [1.807, 2.05) is 36.9 Å². The number of anilines is 1. The van der Waals surface area contributed by atoms with Crippen LogP contribution in [0.3, 0.4) is 0 Å². The zero-order chi connectivity index (χ0) is 21.7. The Morgan fingerprint density at radius 1 is 1.17 bits per heavy atom. The Kier molecular flexibility index (Phi) is 7.02. The van der Waals surface area contributed by atoms with E-state index in [4.69, 9.17) is 0 Å². The molecule has 1 aliphatic carbocycles. The maximum Gasteiger partial charge on any atom is 0.236 e. The quantitative estimate of drug-likeness (QED) is 0.648. The minimum Gasteiger partial charge on any atom is -0.351 e. The van der Waals surface area contributed by atoms with Crippen molar-refractivity contribution >= 4 is 11.7 Å². The second-order valence-corrected chi connectivity index (χ2v) is 8.02. The van der Waals surface area contributed by atoms with E-state index < -0.39 is 5.54 Å². The van der Waals surface area contributed by atoms with Crippen LogP contribution >= 0.6 is 0 Å². The van der Waals surface area contributed by atoms with E-state index in [1.54, 1.807) is 12.1 Å². The second-order valence-electron chi connectivity index (χ2n) is 8.02. The predicted octanol–water partition coefficient (Wildman–Crippen LogP) is 3.27. The lowest BCUT2D eigenvalue weighted by Gasteiger charge is -2.33. The number of nitrogens with zero attached hydrogens (tertiary/aromatic N) is 4. The van der Waals surface area contributed by atoms with Gasteiger partial charge in [0, 0.05) is 36.8 Å². The van der Waals surface area contributed by atoms with E-state index in [1.165, 1.54) is 6.07 Å². The van der Waals surface area contributed by atoms with Gasteiger partial charge in [-0.2, -0.15) is 5.10 Å². The Balaban J connectivity index is 1.60. The number of likely N-dealkylation sites (N-methyl/N-ethyl adjacent to an activating group) is 2. The standard InChI is InChI=1S/C23H32FN5O/c1-5-28(16-18(4)29(6-2)21-12-11-17(3)26-27-21)22(30)15-25-23(13-14-23)19-9-7-8-10-20(19)24/h7-12,18,25H,5-6,13-16H2,1-4H3. The fourth-order valence-electron chi connectivity index (χ4n) is 3.94. The summed E-state index contributed by atoms with van der Waals surface area (Å²) in [6.45, 7) is 10.2. The Morgan fingerprint density at radius 2 is 1.90 bits per heavy atom. The average Bonchev–Trinajstić information content (AvgIpc) is 3.53. The van der Waals surface area contributed by atoms with Crippen molar-refractivity contribution in [3.63, 3.8) is 0 Å². The van der Waals surface area contributed by atoms with Gasteiger partial charge in [-0.15, -0.1) is 5.10 Å². The number of benzene rings is 1. The molecule has 1 fully saturated rings. The summed E-state index contributed by atoms with van der Waals surface area (Å²) >= 11 is 0. The fraction of sp³-hybridized carbons (Fsp3) is 0.522. The van der Waals surface area contributed by atoms with Crippen molar-refractivity contribution in [3.05, 3.63) is 53.5 Å². The molecule has 1 amide bonds. The number of hydrogen-bond donors (Lipinski definition) is 1. The molecule has 162 valence electrons. The summed E-state index contributed by atoms with van der Waals surface area (Å²) in [5, 5.41) is 11.8. The lowest BCUT2D eigenvalue weighted by molar-refractivity contribution is -0.130. The Hall–Kier alpha value is -2.54. The summed E-state index contributed by atoms with van der Waals surface area (Å²) in [6, 6.07) is 10.8. The van der Waals surface area contributed by atoms with Crippen LogP contribution in [0.5, 0.6) is 0 Å². The van der Waals surface area contributed by atoms with Crippen LogP contribution in [-0.4, -0.2) is 53.2 Å². The van der Waals surface area contributed by atoms with Crippen molar-refractivity contribution in [3.8, 4) is 0 Å². The molecule has 1 heterocycles. The van der Waals surface area contributed by atoms with E-state index in [0.29, 0.717) is 18.7 Å². The number of amides is 1. The number of aromatic nitrogens is 2. The van der Waals surface area contributed by atoms with Crippen LogP contribution in [0.4, 0.5) is 10.2 Å². The van der Waals surface area contributed by atoms with Gasteiger partial charge in [0.25, 0.3) is 0 Å². The highest BCUT2D eigenvalue weighted by Crippen LogP contribution is 2.46. The number of aryl methyl sites for hydroxylation is 1. The van der Waals surface area contributed by atoms with Crippen LogP contribution in [0.2, 0.25) is 0 Å². The van der Waals surface area contributed by atoms with Crippen molar-refractivity contribution in [2.45, 2.75) is 52.1 Å². The van der Waals surface area contributed by atoms with Crippen LogP contribution in [0.25, 0.3) is 0 Å². The maximum absolute atomic E-state index is 14.2. The summed E-state index contributed by atoms with van der Waals surface area (Å²) in [4.78, 5) is 16.9. The second kappa shape index (κ2) is 9.51. The molecular formula is C23H32FN5O. The maximum atomic E-state index is 14.2. The van der Waals surface area contributed by atoms with Crippen molar-refractivity contribution in [2.24, 2.45) is 0 Å². The van der Waals surface area contributed by atoms with E-state index in [-0.39, 0.29) is 24.3 Å². The average molecular weight is 414 g/mol. The van der Waals surface area contributed by atoms with Crippen molar-refractivity contribution < 1.29 is 9.18 Å². The van der Waals surface area contributed by atoms with Crippen LogP contribution in [0.1, 0.15) is 44.9 Å². The zero-order valence-corrected chi connectivity index (χ0v) is 18.4. The zero-order valence-electron chi connectivity index (χ0n) is 18.4. The van der Waals surface area contributed by atoms with Crippen molar-refractivity contribution in [1.82, 2.24) is 20.4 Å². The minimum atomic E-state index is -0.404. The van der Waals surface area contributed by atoms with E-state index in [9.17, 15) is 9.18 Å². The van der Waals surface area contributed by atoms with E-state index >= 15 is 0 Å². The van der Waals surface area contributed by atoms with Gasteiger partial charge in [0.2, 0.25) is 5.91 Å². The van der Waals surface area contributed by atoms with E-state index in [0.717, 1.165) is 30.9 Å². The highest BCUT2D eigenvalue weighted by atomic mass is 19.1. The highest BCUT2D eigenvalue weighted by Gasteiger charge is 2.46. The molecule has 1 atom stereocenters. The number of carbonyl (C=O) groups excluding carboxylic acids is 1. The number of carbonyl (C=O) groups is 1. The molecule has 1 aliphatic rings. The van der Waals surface area contributed by atoms with Gasteiger partial charge in [-0.25, -0.2) is 4.39 Å². The molecule has 1 aromatic carbocycles. The summed E-state index contributed by atoms with van der Waals surface area (Å²) in [5.41, 5.74) is 1.13. The summed E-state index contributed by atoms with van der Waals surface area (Å²) in [5.74, 6) is 0.625. The topological polar surface area (TPSA) is 61.4 Å². The molecular weight excluding hydrogens is 381 g/mol. The third-order valence-corrected chi connectivity index (χ3v) is 5.89. The lowest BCUT2D eigenvalue weighted by Crippen LogP contribution is -2.48. The lowest BCUT2D eigenvalue weighted by atomic mass is 10.0. The SMILES string of the molecule is CCN(CC(C)N(CC)c1ccc(C)nn1)C(=O)CNC1(c2ccccc2F)CC1. The monoisotopic (exact) mass is 413 g/mol. The number of halogens is 1. The number of hydrogen-bond acceptors (Lipinski definition) is 5. The molecule has 0 saturated heterocycles. The summed E-state index contributed by atoms with van der Waals surface area (Å²) < 4.78 is 14.2. The van der Waals surface area contributed by atoms with Gasteiger partial charge < -0.3 is 9.80 Å². The third kappa shape index (κ3) is 4.95. The van der Waals surface area contributed by atoms with E-state index in [2.05, 4.69) is 34.3 Å². The number of nitrogens with one attached hydrogen (secondary N) is 1. The molecule has 0 aliphatic heterocycles. The first kappa shape index (κ1) is 22.2.